The van der Waals surface area contributed by atoms with E-state index in [2.05, 4.69) is 10.6 Å². The molecule has 0 saturated carbocycles. The van der Waals surface area contributed by atoms with Crippen molar-refractivity contribution in [3.05, 3.63) is 98.8 Å². The third-order valence-electron chi connectivity index (χ3n) is 6.91. The second kappa shape index (κ2) is 8.15. The van der Waals surface area contributed by atoms with E-state index in [-0.39, 0.29) is 24.8 Å². The van der Waals surface area contributed by atoms with E-state index in [0.29, 0.717) is 21.3 Å². The van der Waals surface area contributed by atoms with Gasteiger partial charge in [-0.15, -0.1) is 0 Å². The average molecular weight is 483 g/mol. The Morgan fingerprint density at radius 3 is 2.55 bits per heavy atom. The Morgan fingerprint density at radius 1 is 0.970 bits per heavy atom. The van der Waals surface area contributed by atoms with Gasteiger partial charge in [-0.25, -0.2) is 4.39 Å². The van der Waals surface area contributed by atoms with E-state index in [9.17, 15) is 14.0 Å². The molecule has 2 aliphatic rings. The van der Waals surface area contributed by atoms with Crippen LogP contribution in [0.2, 0.25) is 10.0 Å². The average Bonchev–Trinajstić information content (AvgIpc) is 2.95. The summed E-state index contributed by atoms with van der Waals surface area (Å²) in [6.07, 6.45) is 0.0385. The third kappa shape index (κ3) is 3.51. The van der Waals surface area contributed by atoms with Crippen LogP contribution in [-0.2, 0) is 15.0 Å². The molecule has 2 aliphatic heterocycles. The zero-order valence-corrected chi connectivity index (χ0v) is 19.3. The maximum absolute atomic E-state index is 14.5. The molecule has 2 heterocycles. The van der Waals surface area contributed by atoms with Crippen LogP contribution in [0.5, 0.6) is 0 Å². The van der Waals surface area contributed by atoms with Crippen molar-refractivity contribution in [3.63, 3.8) is 0 Å². The predicted octanol–water partition coefficient (Wildman–Crippen LogP) is 5.72. The molecule has 7 heteroatoms. The maximum Gasteiger partial charge on any atom is 0.236 e. The molecule has 2 N–H and O–H groups in total. The molecule has 1 spiro atoms. The maximum atomic E-state index is 14.5. The molecule has 0 bridgehead atoms. The zero-order valence-electron chi connectivity index (χ0n) is 17.8. The van der Waals surface area contributed by atoms with Crippen LogP contribution >= 0.6 is 23.2 Å². The Labute approximate surface area is 201 Å². The van der Waals surface area contributed by atoms with Gasteiger partial charge in [-0.05, 0) is 65.6 Å². The molecule has 1 fully saturated rings. The minimum Gasteiger partial charge on any atom is -0.355 e. The number of benzene rings is 3. The lowest BCUT2D eigenvalue weighted by Gasteiger charge is -2.41. The van der Waals surface area contributed by atoms with E-state index in [1.54, 1.807) is 24.3 Å². The van der Waals surface area contributed by atoms with E-state index in [1.165, 1.54) is 12.1 Å². The highest BCUT2D eigenvalue weighted by Crippen LogP contribution is 2.57. The molecule has 2 unspecified atom stereocenters. The lowest BCUT2D eigenvalue weighted by molar-refractivity contribution is -0.123. The van der Waals surface area contributed by atoms with Gasteiger partial charge in [0.25, 0.3) is 0 Å². The number of anilines is 1. The quantitative estimate of drug-likeness (QED) is 0.490. The first-order chi connectivity index (χ1) is 15.8. The molecule has 4 nitrogen and oxygen atoms in total. The standard InChI is InChI=1S/C26H21Cl2FN2O2/c1-14-5-7-18(29)11-19(14)21-12-24(32)30-13-22(15-3-2-4-16(27)9-15)26(21)20-8-6-17(28)10-23(20)31-25(26)33/h2-11,21-22H,12-13H2,1H3,(H,30,32)(H,31,33)/t21-,22?,26?/m1/s1. The summed E-state index contributed by atoms with van der Waals surface area (Å²) in [6, 6.07) is 17.1. The number of halogens is 3. The second-order valence-electron chi connectivity index (χ2n) is 8.68. The molecule has 0 aromatic heterocycles. The van der Waals surface area contributed by atoms with Crippen LogP contribution in [0.25, 0.3) is 0 Å². The van der Waals surface area contributed by atoms with E-state index >= 15 is 0 Å². The molecule has 168 valence electrons. The number of hydrogen-bond donors (Lipinski definition) is 2. The van der Waals surface area contributed by atoms with Crippen LogP contribution in [-0.4, -0.2) is 18.4 Å². The van der Waals surface area contributed by atoms with Gasteiger partial charge in [-0.2, -0.15) is 0 Å². The molecular weight excluding hydrogens is 462 g/mol. The smallest absolute Gasteiger partial charge is 0.236 e. The molecule has 3 aromatic rings. The van der Waals surface area contributed by atoms with Crippen LogP contribution in [0.3, 0.4) is 0 Å². The highest BCUT2D eigenvalue weighted by Gasteiger charge is 2.59. The number of aryl methyl sites for hydroxylation is 1. The predicted molar refractivity (Wildman–Crippen MR) is 127 cm³/mol. The molecular formula is C26H21Cl2FN2O2. The summed E-state index contributed by atoms with van der Waals surface area (Å²) in [6.45, 7) is 2.11. The Hall–Kier alpha value is -2.89. The van der Waals surface area contributed by atoms with Crippen LogP contribution in [0.15, 0.2) is 60.7 Å². The van der Waals surface area contributed by atoms with Crippen molar-refractivity contribution < 1.29 is 14.0 Å². The van der Waals surface area contributed by atoms with Crippen molar-refractivity contribution in [2.24, 2.45) is 0 Å². The van der Waals surface area contributed by atoms with Crippen LogP contribution in [0.4, 0.5) is 10.1 Å². The first-order valence-corrected chi connectivity index (χ1v) is 11.5. The van der Waals surface area contributed by atoms with Crippen molar-refractivity contribution >= 4 is 40.7 Å². The minimum atomic E-state index is -1.18. The van der Waals surface area contributed by atoms with Gasteiger partial charge >= 0.3 is 0 Å². The Balaban J connectivity index is 1.85. The van der Waals surface area contributed by atoms with E-state index in [0.717, 1.165) is 16.7 Å². The highest BCUT2D eigenvalue weighted by atomic mass is 35.5. The molecule has 1 saturated heterocycles. The number of carbonyl (C=O) groups excluding carboxylic acids is 2. The molecule has 0 aliphatic carbocycles. The van der Waals surface area contributed by atoms with Gasteiger partial charge in [0.05, 0.1) is 5.41 Å². The largest absolute Gasteiger partial charge is 0.355 e. The van der Waals surface area contributed by atoms with Crippen molar-refractivity contribution in [1.29, 1.82) is 0 Å². The zero-order chi connectivity index (χ0) is 23.3. The summed E-state index contributed by atoms with van der Waals surface area (Å²) in [5.74, 6) is -1.90. The fourth-order valence-corrected chi connectivity index (χ4v) is 5.88. The van der Waals surface area contributed by atoms with E-state index < -0.39 is 23.1 Å². The summed E-state index contributed by atoms with van der Waals surface area (Å²) in [5.41, 5.74) is 2.44. The summed E-state index contributed by atoms with van der Waals surface area (Å²) in [7, 11) is 0. The minimum absolute atomic E-state index is 0.0385. The highest BCUT2D eigenvalue weighted by molar-refractivity contribution is 6.31. The van der Waals surface area contributed by atoms with Crippen LogP contribution in [0, 0.1) is 12.7 Å². The lowest BCUT2D eigenvalue weighted by Crippen LogP contribution is -2.47. The van der Waals surface area contributed by atoms with Crippen LogP contribution in [0.1, 0.15) is 40.5 Å². The Kier molecular flexibility index (Phi) is 5.42. The van der Waals surface area contributed by atoms with Gasteiger partial charge in [0.15, 0.2) is 0 Å². The monoisotopic (exact) mass is 482 g/mol. The summed E-state index contributed by atoms with van der Waals surface area (Å²) in [4.78, 5) is 26.9. The first-order valence-electron chi connectivity index (χ1n) is 10.7. The topological polar surface area (TPSA) is 58.2 Å². The Morgan fingerprint density at radius 2 is 1.76 bits per heavy atom. The first kappa shape index (κ1) is 21.9. The number of rotatable bonds is 2. The van der Waals surface area contributed by atoms with Crippen molar-refractivity contribution in [3.8, 4) is 0 Å². The number of amides is 2. The normalized spacial score (nSPS) is 24.2. The molecule has 3 aromatic carbocycles. The molecule has 2 amide bonds. The van der Waals surface area contributed by atoms with E-state index in [4.69, 9.17) is 23.2 Å². The third-order valence-corrected chi connectivity index (χ3v) is 7.38. The SMILES string of the molecule is Cc1ccc(F)cc1[C@H]1CC(=O)NCC(c2cccc(Cl)c2)C12C(=O)Nc1cc(Cl)ccc12. The van der Waals surface area contributed by atoms with Crippen LogP contribution < -0.4 is 10.6 Å². The van der Waals surface area contributed by atoms with Crippen molar-refractivity contribution in [2.45, 2.75) is 30.6 Å². The van der Waals surface area contributed by atoms with Crippen molar-refractivity contribution in [1.82, 2.24) is 5.32 Å². The van der Waals surface area contributed by atoms with Gasteiger partial charge < -0.3 is 10.6 Å². The molecule has 0 radical (unpaired) electrons. The summed E-state index contributed by atoms with van der Waals surface area (Å²) in [5, 5.41) is 7.00. The Bertz CT molecular complexity index is 1300. The second-order valence-corrected chi connectivity index (χ2v) is 9.56. The van der Waals surface area contributed by atoms with E-state index in [1.807, 2.05) is 31.2 Å². The number of hydrogen-bond acceptors (Lipinski definition) is 2. The van der Waals surface area contributed by atoms with Gasteiger partial charge in [0.1, 0.15) is 5.82 Å². The fraction of sp³-hybridized carbons (Fsp3) is 0.231. The van der Waals surface area contributed by atoms with Gasteiger partial charge in [0.2, 0.25) is 11.8 Å². The number of nitrogens with one attached hydrogen (secondary N) is 2. The lowest BCUT2D eigenvalue weighted by atomic mass is 9.58. The number of carbonyl (C=O) groups is 2. The van der Waals surface area contributed by atoms with Gasteiger partial charge in [-0.1, -0.05) is 47.5 Å². The number of fused-ring (bicyclic) bond motifs is 2. The summed E-state index contributed by atoms with van der Waals surface area (Å²) < 4.78 is 14.5. The van der Waals surface area contributed by atoms with Gasteiger partial charge in [0, 0.05) is 40.5 Å². The molecule has 3 atom stereocenters. The van der Waals surface area contributed by atoms with Crippen molar-refractivity contribution in [2.75, 3.05) is 11.9 Å². The molecule has 33 heavy (non-hydrogen) atoms. The fourth-order valence-electron chi connectivity index (χ4n) is 5.50. The van der Waals surface area contributed by atoms with Gasteiger partial charge in [-0.3, -0.25) is 9.59 Å². The summed E-state index contributed by atoms with van der Waals surface area (Å²) >= 11 is 12.6. The molecule has 5 rings (SSSR count).